The maximum atomic E-state index is 13.0. The summed E-state index contributed by atoms with van der Waals surface area (Å²) in [6, 6.07) is 5.88. The number of sulfonamides is 1. The van der Waals surface area contributed by atoms with E-state index in [0.29, 0.717) is 43.5 Å². The molecule has 0 atom stereocenters. The molecule has 2 aliphatic heterocycles. The molecule has 1 aromatic heterocycles. The first kappa shape index (κ1) is 22.5. The lowest BCUT2D eigenvalue weighted by Crippen LogP contribution is -2.48. The van der Waals surface area contributed by atoms with Gasteiger partial charge in [0.1, 0.15) is 0 Å². The first-order valence-corrected chi connectivity index (χ1v) is 12.4. The molecule has 0 bridgehead atoms. The highest BCUT2D eigenvalue weighted by molar-refractivity contribution is 7.89. The Morgan fingerprint density at radius 3 is 2.28 bits per heavy atom. The fraction of sp³-hybridized carbons (Fsp3) is 0.400. The van der Waals surface area contributed by atoms with Crippen molar-refractivity contribution < 1.29 is 22.8 Å². The molecule has 32 heavy (non-hydrogen) atoms. The van der Waals surface area contributed by atoms with Crippen molar-refractivity contribution in [3.63, 3.8) is 0 Å². The lowest BCUT2D eigenvalue weighted by atomic mass is 10.3. The van der Waals surface area contributed by atoms with Gasteiger partial charge in [-0.3, -0.25) is 24.2 Å². The van der Waals surface area contributed by atoms with Crippen molar-refractivity contribution in [2.45, 2.75) is 31.2 Å². The van der Waals surface area contributed by atoms with Gasteiger partial charge in [0, 0.05) is 63.6 Å². The molecule has 3 heterocycles. The Labute approximate surface area is 189 Å². The fourth-order valence-electron chi connectivity index (χ4n) is 3.72. The highest BCUT2D eigenvalue weighted by atomic mass is 32.2. The number of hydrogen-bond acceptors (Lipinski definition) is 8. The number of thiazole rings is 1. The van der Waals surface area contributed by atoms with Crippen LogP contribution in [0.4, 0.5) is 10.8 Å². The second-order valence-corrected chi connectivity index (χ2v) is 10.7. The lowest BCUT2D eigenvalue weighted by Gasteiger charge is -2.33. The van der Waals surface area contributed by atoms with Gasteiger partial charge in [0.2, 0.25) is 27.7 Å². The molecule has 3 amide bonds. The van der Waals surface area contributed by atoms with Crippen molar-refractivity contribution in [1.82, 2.24) is 14.2 Å². The van der Waals surface area contributed by atoms with E-state index in [1.54, 1.807) is 6.20 Å². The number of benzene rings is 1. The molecular formula is C20H23N5O5S2. The molecule has 12 heteroatoms. The summed E-state index contributed by atoms with van der Waals surface area (Å²) < 4.78 is 27.5. The zero-order valence-electron chi connectivity index (χ0n) is 17.5. The summed E-state index contributed by atoms with van der Waals surface area (Å²) in [6.07, 6.45) is 2.08. The number of imide groups is 1. The molecule has 2 saturated heterocycles. The van der Waals surface area contributed by atoms with Gasteiger partial charge in [0.25, 0.3) is 0 Å². The van der Waals surface area contributed by atoms with Crippen LogP contribution in [0.2, 0.25) is 0 Å². The van der Waals surface area contributed by atoms with Gasteiger partial charge < -0.3 is 5.32 Å². The minimum Gasteiger partial charge on any atom is -0.302 e. The number of amides is 3. The second kappa shape index (κ2) is 9.06. The highest BCUT2D eigenvalue weighted by Gasteiger charge is 2.32. The smallest absolute Gasteiger partial charge is 0.243 e. The second-order valence-electron chi connectivity index (χ2n) is 7.61. The lowest BCUT2D eigenvalue weighted by molar-refractivity contribution is -0.121. The van der Waals surface area contributed by atoms with E-state index >= 15 is 0 Å². The van der Waals surface area contributed by atoms with Gasteiger partial charge in [-0.2, -0.15) is 4.31 Å². The van der Waals surface area contributed by atoms with E-state index in [9.17, 15) is 22.8 Å². The molecule has 0 aliphatic carbocycles. The van der Waals surface area contributed by atoms with Gasteiger partial charge in [-0.25, -0.2) is 13.4 Å². The van der Waals surface area contributed by atoms with E-state index in [2.05, 4.69) is 15.2 Å². The molecule has 10 nitrogen and oxygen atoms in total. The van der Waals surface area contributed by atoms with Crippen LogP contribution in [0, 0.1) is 0 Å². The zero-order chi connectivity index (χ0) is 22.9. The monoisotopic (exact) mass is 477 g/mol. The van der Waals surface area contributed by atoms with Crippen LogP contribution in [0.5, 0.6) is 0 Å². The minimum absolute atomic E-state index is 0.135. The Balaban J connectivity index is 1.36. The molecule has 2 aliphatic rings. The van der Waals surface area contributed by atoms with Crippen LogP contribution in [0.1, 0.15) is 24.6 Å². The number of aromatic nitrogens is 1. The van der Waals surface area contributed by atoms with Crippen LogP contribution in [-0.2, 0) is 31.0 Å². The van der Waals surface area contributed by atoms with Gasteiger partial charge in [-0.15, -0.1) is 11.3 Å². The van der Waals surface area contributed by atoms with E-state index < -0.39 is 10.0 Å². The first-order valence-electron chi connectivity index (χ1n) is 10.1. The van der Waals surface area contributed by atoms with Gasteiger partial charge >= 0.3 is 0 Å². The van der Waals surface area contributed by atoms with Crippen LogP contribution in [0.25, 0.3) is 0 Å². The van der Waals surface area contributed by atoms with Crippen LogP contribution >= 0.6 is 11.3 Å². The molecular weight excluding hydrogens is 454 g/mol. The zero-order valence-corrected chi connectivity index (χ0v) is 19.1. The number of hydrogen-bond donors (Lipinski definition) is 1. The van der Waals surface area contributed by atoms with Crippen LogP contribution in [0.3, 0.4) is 0 Å². The maximum absolute atomic E-state index is 13.0. The summed E-state index contributed by atoms with van der Waals surface area (Å²) in [5.41, 5.74) is 0.393. The number of nitrogens with zero attached hydrogens (tertiary/aromatic N) is 4. The average molecular weight is 478 g/mol. The molecule has 0 spiro atoms. The van der Waals surface area contributed by atoms with E-state index in [1.807, 2.05) is 0 Å². The van der Waals surface area contributed by atoms with E-state index in [0.717, 1.165) is 9.78 Å². The fourth-order valence-corrected chi connectivity index (χ4v) is 6.04. The van der Waals surface area contributed by atoms with Gasteiger partial charge in [-0.05, 0) is 24.3 Å². The molecule has 4 rings (SSSR count). The van der Waals surface area contributed by atoms with Crippen LogP contribution in [-0.4, -0.2) is 66.5 Å². The van der Waals surface area contributed by atoms with Crippen molar-refractivity contribution in [3.8, 4) is 0 Å². The summed E-state index contributed by atoms with van der Waals surface area (Å²) in [5, 5.41) is 3.21. The van der Waals surface area contributed by atoms with E-state index in [4.69, 9.17) is 0 Å². The molecule has 1 aromatic carbocycles. The van der Waals surface area contributed by atoms with Crippen LogP contribution in [0.15, 0.2) is 35.4 Å². The predicted octanol–water partition coefficient (Wildman–Crippen LogP) is 1.26. The van der Waals surface area contributed by atoms with E-state index in [1.165, 1.54) is 46.8 Å². The first-order chi connectivity index (χ1) is 15.2. The summed E-state index contributed by atoms with van der Waals surface area (Å²) in [7, 11) is -3.67. The SMILES string of the molecule is CC(=O)Nc1ncc(CN2CCN(S(=O)(=O)c3ccc(N4C(=O)CCC4=O)cc3)CC2)s1. The quantitative estimate of drug-likeness (QED) is 0.622. The standard InChI is InChI=1S/C20H23N5O5S2/c1-14(26)22-20-21-12-16(31-20)13-23-8-10-24(11-9-23)32(29,30)17-4-2-15(3-5-17)25-18(27)6-7-19(25)28/h2-5,12H,6-11,13H2,1H3,(H,21,22,26). The van der Waals surface area contributed by atoms with Crippen LogP contribution < -0.4 is 10.2 Å². The van der Waals surface area contributed by atoms with Gasteiger partial charge in [0.15, 0.2) is 5.13 Å². The molecule has 0 radical (unpaired) electrons. The highest BCUT2D eigenvalue weighted by Crippen LogP contribution is 2.26. The van der Waals surface area contributed by atoms with Crippen molar-refractivity contribution in [2.75, 3.05) is 36.4 Å². The van der Waals surface area contributed by atoms with Crippen molar-refractivity contribution in [2.24, 2.45) is 0 Å². The third-order valence-electron chi connectivity index (χ3n) is 5.33. The number of piperazine rings is 1. The Hall–Kier alpha value is -2.67. The Morgan fingerprint density at radius 1 is 1.06 bits per heavy atom. The number of carbonyl (C=O) groups excluding carboxylic acids is 3. The number of nitrogens with one attached hydrogen (secondary N) is 1. The number of anilines is 2. The minimum atomic E-state index is -3.67. The number of rotatable bonds is 6. The van der Waals surface area contributed by atoms with Crippen molar-refractivity contribution in [3.05, 3.63) is 35.3 Å². The summed E-state index contributed by atoms with van der Waals surface area (Å²) in [6.45, 7) is 3.91. The summed E-state index contributed by atoms with van der Waals surface area (Å²) >= 11 is 1.40. The van der Waals surface area contributed by atoms with Gasteiger partial charge in [0.05, 0.1) is 10.6 Å². The topological polar surface area (TPSA) is 120 Å². The maximum Gasteiger partial charge on any atom is 0.243 e. The Bertz CT molecular complexity index is 1120. The molecule has 170 valence electrons. The molecule has 1 N–H and O–H groups in total. The Morgan fingerprint density at radius 2 is 1.69 bits per heavy atom. The summed E-state index contributed by atoms with van der Waals surface area (Å²) in [5.74, 6) is -0.713. The third kappa shape index (κ3) is 4.72. The largest absolute Gasteiger partial charge is 0.302 e. The molecule has 0 unspecified atom stereocenters. The normalized spacial score (nSPS) is 18.3. The molecule has 2 aromatic rings. The average Bonchev–Trinajstić information content (AvgIpc) is 3.33. The van der Waals surface area contributed by atoms with Gasteiger partial charge in [-0.1, -0.05) is 0 Å². The predicted molar refractivity (Wildman–Crippen MR) is 119 cm³/mol. The van der Waals surface area contributed by atoms with Crippen molar-refractivity contribution in [1.29, 1.82) is 0 Å². The molecule has 0 saturated carbocycles. The summed E-state index contributed by atoms with van der Waals surface area (Å²) in [4.78, 5) is 43.4. The Kier molecular flexibility index (Phi) is 6.38. The number of carbonyl (C=O) groups is 3. The van der Waals surface area contributed by atoms with E-state index in [-0.39, 0.29) is 35.5 Å². The third-order valence-corrected chi connectivity index (χ3v) is 8.14. The molecule has 2 fully saturated rings. The van der Waals surface area contributed by atoms with Crippen molar-refractivity contribution >= 4 is 49.9 Å².